The third-order valence-corrected chi connectivity index (χ3v) is 8.76. The Hall–Kier alpha value is -1.44. The van der Waals surface area contributed by atoms with E-state index in [9.17, 15) is 13.2 Å². The molecule has 1 aliphatic heterocycles. The van der Waals surface area contributed by atoms with Crippen LogP contribution in [0.4, 0.5) is 0 Å². The van der Waals surface area contributed by atoms with E-state index in [0.717, 1.165) is 25.7 Å². The molecule has 2 fully saturated rings. The number of carbonyl (C=O) groups excluding carboxylic acids is 1. The fourth-order valence-electron chi connectivity index (χ4n) is 4.97. The van der Waals surface area contributed by atoms with Gasteiger partial charge >= 0.3 is 0 Å². The van der Waals surface area contributed by atoms with Gasteiger partial charge in [0, 0.05) is 32.2 Å². The largest absolute Gasteiger partial charge is 0.352 e. The van der Waals surface area contributed by atoms with Gasteiger partial charge in [-0.05, 0) is 61.3 Å². The molecule has 7 heteroatoms. The summed E-state index contributed by atoms with van der Waals surface area (Å²) in [6, 6.07) is 5.88. The maximum atomic E-state index is 13.0. The molecule has 1 heterocycles. The van der Waals surface area contributed by atoms with Crippen molar-refractivity contribution in [2.75, 3.05) is 32.7 Å². The van der Waals surface area contributed by atoms with Gasteiger partial charge in [-0.15, -0.1) is 0 Å². The summed E-state index contributed by atoms with van der Waals surface area (Å²) >= 11 is 0. The van der Waals surface area contributed by atoms with E-state index < -0.39 is 10.0 Å². The van der Waals surface area contributed by atoms with Crippen LogP contribution in [0.3, 0.4) is 0 Å². The average Bonchev–Trinajstić information content (AvgIpc) is 3.18. The summed E-state index contributed by atoms with van der Waals surface area (Å²) in [5, 5.41) is 3.19. The summed E-state index contributed by atoms with van der Waals surface area (Å²) in [6.45, 7) is 4.64. The Balaban J connectivity index is 1.30. The van der Waals surface area contributed by atoms with Crippen LogP contribution in [0.5, 0.6) is 0 Å². The minimum atomic E-state index is -3.46. The maximum absolute atomic E-state index is 13.0. The number of piperazine rings is 1. The molecule has 6 nitrogen and oxygen atoms in total. The highest BCUT2D eigenvalue weighted by atomic mass is 32.2. The van der Waals surface area contributed by atoms with Gasteiger partial charge in [0.25, 0.3) is 0 Å². The molecule has 2 atom stereocenters. The smallest absolute Gasteiger partial charge is 0.243 e. The van der Waals surface area contributed by atoms with E-state index >= 15 is 0 Å². The lowest BCUT2D eigenvalue weighted by atomic mass is 9.86. The molecule has 1 amide bonds. The van der Waals surface area contributed by atoms with Crippen molar-refractivity contribution >= 4 is 15.9 Å². The Morgan fingerprint density at radius 1 is 1.03 bits per heavy atom. The summed E-state index contributed by atoms with van der Waals surface area (Å²) in [5.74, 6) is 0.612. The molecular formula is C22H33N3O3S. The molecule has 160 valence electrons. The average molecular weight is 420 g/mol. The maximum Gasteiger partial charge on any atom is 0.243 e. The Kier molecular flexibility index (Phi) is 6.27. The van der Waals surface area contributed by atoms with Crippen LogP contribution in [0.15, 0.2) is 23.1 Å². The van der Waals surface area contributed by atoms with E-state index in [0.29, 0.717) is 43.5 Å². The van der Waals surface area contributed by atoms with Gasteiger partial charge in [-0.2, -0.15) is 4.31 Å². The van der Waals surface area contributed by atoms with Crippen LogP contribution in [0.1, 0.15) is 50.2 Å². The Morgan fingerprint density at radius 3 is 2.52 bits per heavy atom. The van der Waals surface area contributed by atoms with Crippen molar-refractivity contribution in [2.24, 2.45) is 5.92 Å². The first-order chi connectivity index (χ1) is 13.9. The lowest BCUT2D eigenvalue weighted by Gasteiger charge is -2.34. The predicted octanol–water partition coefficient (Wildman–Crippen LogP) is 2.18. The van der Waals surface area contributed by atoms with Crippen molar-refractivity contribution < 1.29 is 13.2 Å². The zero-order valence-corrected chi connectivity index (χ0v) is 18.2. The molecule has 1 saturated heterocycles. The molecule has 0 aromatic heterocycles. The number of nitrogens with one attached hydrogen (secondary N) is 1. The van der Waals surface area contributed by atoms with Gasteiger partial charge in [0.2, 0.25) is 15.9 Å². The van der Waals surface area contributed by atoms with Crippen molar-refractivity contribution in [1.82, 2.24) is 14.5 Å². The van der Waals surface area contributed by atoms with Crippen LogP contribution in [0.25, 0.3) is 0 Å². The fourth-order valence-corrected chi connectivity index (χ4v) is 6.45. The van der Waals surface area contributed by atoms with Gasteiger partial charge in [-0.1, -0.05) is 25.8 Å². The van der Waals surface area contributed by atoms with Crippen LogP contribution in [-0.4, -0.2) is 62.3 Å². The standard InChI is InChI=1S/C22H33N3O3S/c1-17-5-2-3-8-21(17)23-22(26)16-24-11-13-25(14-12-24)29(27,28)20-10-9-18-6-4-7-19(18)15-20/h9-10,15,17,21H,2-8,11-14,16H2,1H3,(H,23,26)/t17-,21+/m1/s1. The van der Waals surface area contributed by atoms with E-state index in [2.05, 4.69) is 17.1 Å². The van der Waals surface area contributed by atoms with Crippen LogP contribution in [0, 0.1) is 5.92 Å². The number of fused-ring (bicyclic) bond motifs is 1. The number of carbonyl (C=O) groups is 1. The van der Waals surface area contributed by atoms with Crippen LogP contribution in [0.2, 0.25) is 0 Å². The molecule has 2 aliphatic carbocycles. The van der Waals surface area contributed by atoms with Crippen molar-refractivity contribution in [1.29, 1.82) is 0 Å². The first kappa shape index (κ1) is 20.8. The number of benzene rings is 1. The van der Waals surface area contributed by atoms with Crippen LogP contribution in [-0.2, 0) is 27.7 Å². The minimum Gasteiger partial charge on any atom is -0.352 e. The molecule has 4 rings (SSSR count). The number of hydrogen-bond acceptors (Lipinski definition) is 4. The van der Waals surface area contributed by atoms with E-state index in [1.165, 1.54) is 30.4 Å². The quantitative estimate of drug-likeness (QED) is 0.794. The van der Waals surface area contributed by atoms with E-state index in [1.807, 2.05) is 12.1 Å². The van der Waals surface area contributed by atoms with Gasteiger partial charge in [0.1, 0.15) is 0 Å². The Morgan fingerprint density at radius 2 is 1.76 bits per heavy atom. The molecule has 0 bridgehead atoms. The van der Waals surface area contributed by atoms with Gasteiger partial charge < -0.3 is 5.32 Å². The summed E-state index contributed by atoms with van der Waals surface area (Å²) in [7, 11) is -3.46. The minimum absolute atomic E-state index is 0.0682. The molecule has 29 heavy (non-hydrogen) atoms. The second kappa shape index (κ2) is 8.74. The topological polar surface area (TPSA) is 69.7 Å². The number of amides is 1. The van der Waals surface area contributed by atoms with Gasteiger partial charge in [-0.3, -0.25) is 9.69 Å². The van der Waals surface area contributed by atoms with E-state index in [1.54, 1.807) is 10.4 Å². The van der Waals surface area contributed by atoms with Crippen molar-refractivity contribution in [2.45, 2.75) is 62.8 Å². The van der Waals surface area contributed by atoms with Gasteiger partial charge in [0.05, 0.1) is 11.4 Å². The van der Waals surface area contributed by atoms with Gasteiger partial charge in [0.15, 0.2) is 0 Å². The second-order valence-electron chi connectivity index (χ2n) is 8.90. The van der Waals surface area contributed by atoms with E-state index in [4.69, 9.17) is 0 Å². The van der Waals surface area contributed by atoms with Crippen LogP contribution >= 0.6 is 0 Å². The summed E-state index contributed by atoms with van der Waals surface area (Å²) < 4.78 is 27.7. The highest BCUT2D eigenvalue weighted by molar-refractivity contribution is 7.89. The summed E-state index contributed by atoms with van der Waals surface area (Å²) in [6.07, 6.45) is 7.84. The Labute approximate surface area is 174 Å². The lowest BCUT2D eigenvalue weighted by Crippen LogP contribution is -2.52. The second-order valence-corrected chi connectivity index (χ2v) is 10.8. The van der Waals surface area contributed by atoms with Crippen molar-refractivity contribution in [3.63, 3.8) is 0 Å². The fraction of sp³-hybridized carbons (Fsp3) is 0.682. The monoisotopic (exact) mass is 419 g/mol. The van der Waals surface area contributed by atoms with Crippen molar-refractivity contribution in [3.05, 3.63) is 29.3 Å². The Bertz CT molecular complexity index is 847. The summed E-state index contributed by atoms with van der Waals surface area (Å²) in [5.41, 5.74) is 2.46. The predicted molar refractivity (Wildman–Crippen MR) is 113 cm³/mol. The third kappa shape index (κ3) is 4.67. The summed E-state index contributed by atoms with van der Waals surface area (Å²) in [4.78, 5) is 14.9. The highest BCUT2D eigenvalue weighted by Gasteiger charge is 2.30. The third-order valence-electron chi connectivity index (χ3n) is 6.86. The molecule has 1 saturated carbocycles. The van der Waals surface area contributed by atoms with Crippen LogP contribution < -0.4 is 5.32 Å². The number of nitrogens with zero attached hydrogens (tertiary/aromatic N) is 2. The number of aryl methyl sites for hydroxylation is 2. The number of sulfonamides is 1. The highest BCUT2D eigenvalue weighted by Crippen LogP contribution is 2.27. The molecule has 0 radical (unpaired) electrons. The molecular weight excluding hydrogens is 386 g/mol. The molecule has 1 aromatic carbocycles. The zero-order chi connectivity index (χ0) is 20.4. The first-order valence-corrected chi connectivity index (χ1v) is 12.5. The molecule has 0 spiro atoms. The molecule has 0 unspecified atom stereocenters. The SMILES string of the molecule is C[C@@H]1CCCC[C@@H]1NC(=O)CN1CCN(S(=O)(=O)c2ccc3c(c2)CCC3)CC1. The first-order valence-electron chi connectivity index (χ1n) is 11.1. The number of rotatable bonds is 5. The van der Waals surface area contributed by atoms with E-state index in [-0.39, 0.29) is 11.9 Å². The molecule has 1 aromatic rings. The normalized spacial score (nSPS) is 26.2. The zero-order valence-electron chi connectivity index (χ0n) is 17.4. The van der Waals surface area contributed by atoms with Gasteiger partial charge in [-0.25, -0.2) is 8.42 Å². The molecule has 3 aliphatic rings. The molecule has 1 N–H and O–H groups in total. The number of hydrogen-bond donors (Lipinski definition) is 1. The lowest BCUT2D eigenvalue weighted by molar-refractivity contribution is -0.123. The van der Waals surface area contributed by atoms with Crippen molar-refractivity contribution in [3.8, 4) is 0 Å².